The lowest BCUT2D eigenvalue weighted by Gasteiger charge is -2.12. The minimum absolute atomic E-state index is 0.0730. The van der Waals surface area contributed by atoms with Gasteiger partial charge in [0.1, 0.15) is 10.4 Å². The fraction of sp³-hybridized carbons (Fsp3) is 0.200. The van der Waals surface area contributed by atoms with Crippen LogP contribution >= 0.6 is 23.1 Å². The van der Waals surface area contributed by atoms with Gasteiger partial charge in [0.15, 0.2) is 16.6 Å². The van der Waals surface area contributed by atoms with E-state index in [2.05, 4.69) is 20.3 Å². The summed E-state index contributed by atoms with van der Waals surface area (Å²) in [5.74, 6) is -0.259. The van der Waals surface area contributed by atoms with Crippen LogP contribution in [0.5, 0.6) is 0 Å². The van der Waals surface area contributed by atoms with Crippen molar-refractivity contribution in [1.82, 2.24) is 24.1 Å². The average Bonchev–Trinajstić information content (AvgIpc) is 3.23. The number of anilines is 1. The van der Waals surface area contributed by atoms with Gasteiger partial charge in [-0.3, -0.25) is 28.8 Å². The molecule has 0 bridgehead atoms. The summed E-state index contributed by atoms with van der Waals surface area (Å²) in [4.78, 5) is 61.3. The van der Waals surface area contributed by atoms with Crippen molar-refractivity contribution < 1.29 is 9.72 Å². The number of nitrogens with zero attached hydrogens (tertiary/aromatic N) is 6. The van der Waals surface area contributed by atoms with E-state index in [1.807, 2.05) is 6.92 Å². The van der Waals surface area contributed by atoms with Crippen LogP contribution in [0.15, 0.2) is 44.3 Å². The molecule has 0 radical (unpaired) electrons. The topological polar surface area (TPSA) is 155 Å². The zero-order valence-electron chi connectivity index (χ0n) is 18.1. The molecule has 0 aliphatic rings. The first kappa shape index (κ1) is 23.3. The van der Waals surface area contributed by atoms with Crippen molar-refractivity contribution in [3.63, 3.8) is 0 Å². The summed E-state index contributed by atoms with van der Waals surface area (Å²) in [7, 11) is 2.82. The Balaban J connectivity index is 1.78. The normalized spacial score (nSPS) is 11.0. The van der Waals surface area contributed by atoms with E-state index in [1.165, 1.54) is 54.3 Å². The maximum Gasteiger partial charge on any atom is 0.332 e. The van der Waals surface area contributed by atoms with Crippen molar-refractivity contribution in [3.05, 3.63) is 66.3 Å². The fourth-order valence-corrected chi connectivity index (χ4v) is 4.61. The first-order valence-corrected chi connectivity index (χ1v) is 11.6. The summed E-state index contributed by atoms with van der Waals surface area (Å²) in [6.45, 7) is 1.81. The molecule has 0 fully saturated rings. The number of amides is 1. The van der Waals surface area contributed by atoms with Gasteiger partial charge in [0.05, 0.1) is 16.4 Å². The molecule has 1 amide bonds. The molecule has 1 aromatic carbocycles. The van der Waals surface area contributed by atoms with Gasteiger partial charge in [-0.1, -0.05) is 11.8 Å². The molecular weight excluding hydrogens is 482 g/mol. The lowest BCUT2D eigenvalue weighted by molar-refractivity contribution is -0.384. The first-order chi connectivity index (χ1) is 16.2. The molecule has 0 saturated carbocycles. The molecule has 0 aliphatic carbocycles. The number of thiazole rings is 1. The Bertz CT molecular complexity index is 1560. The van der Waals surface area contributed by atoms with Crippen molar-refractivity contribution in [2.45, 2.75) is 11.9 Å². The molecule has 174 valence electrons. The number of aromatic nitrogens is 5. The van der Waals surface area contributed by atoms with E-state index in [4.69, 9.17) is 0 Å². The van der Waals surface area contributed by atoms with Crippen LogP contribution in [0.1, 0.15) is 5.69 Å². The summed E-state index contributed by atoms with van der Waals surface area (Å²) in [6.07, 6.45) is 0. The molecule has 4 aromatic rings. The molecule has 0 unspecified atom stereocenters. The maximum atomic E-state index is 12.9. The predicted molar refractivity (Wildman–Crippen MR) is 128 cm³/mol. The largest absolute Gasteiger partial charge is 0.332 e. The monoisotopic (exact) mass is 499 g/mol. The third kappa shape index (κ3) is 4.45. The maximum absolute atomic E-state index is 12.9. The van der Waals surface area contributed by atoms with Crippen LogP contribution < -0.4 is 16.6 Å². The van der Waals surface area contributed by atoms with E-state index < -0.39 is 16.2 Å². The van der Waals surface area contributed by atoms with Gasteiger partial charge in [0.25, 0.3) is 11.2 Å². The van der Waals surface area contributed by atoms with Gasteiger partial charge in [-0.2, -0.15) is 0 Å². The van der Waals surface area contributed by atoms with Crippen LogP contribution in [-0.2, 0) is 18.9 Å². The van der Waals surface area contributed by atoms with Gasteiger partial charge >= 0.3 is 5.69 Å². The van der Waals surface area contributed by atoms with Gasteiger partial charge in [0, 0.05) is 37.2 Å². The highest BCUT2D eigenvalue weighted by Crippen LogP contribution is 2.27. The van der Waals surface area contributed by atoms with Crippen LogP contribution in [0.2, 0.25) is 0 Å². The Morgan fingerprint density at radius 1 is 1.15 bits per heavy atom. The fourth-order valence-electron chi connectivity index (χ4n) is 3.10. The number of nitro groups is 1. The molecule has 3 aromatic heterocycles. The Kier molecular flexibility index (Phi) is 6.26. The lowest BCUT2D eigenvalue weighted by Crippen LogP contribution is -2.37. The molecule has 4 rings (SSSR count). The quantitative estimate of drug-likeness (QED) is 0.182. The molecule has 3 heterocycles. The highest BCUT2D eigenvalue weighted by Gasteiger charge is 2.19. The Hall–Kier alpha value is -3.91. The second kappa shape index (κ2) is 9.15. The number of hydrogen-bond donors (Lipinski definition) is 1. The SMILES string of the molecule is Cc1csc(NC(=O)CSc2nc(-c3ccc([N+](=O)[O-])cc3)nc3c2c(=O)n(C)c(=O)n3C)n1. The summed E-state index contributed by atoms with van der Waals surface area (Å²) < 4.78 is 2.16. The molecule has 0 spiro atoms. The number of rotatable bonds is 6. The summed E-state index contributed by atoms with van der Waals surface area (Å²) in [5.41, 5.74) is 0.0620. The molecule has 0 aliphatic heterocycles. The number of fused-ring (bicyclic) bond motifs is 1. The number of nitrogens with one attached hydrogen (secondary N) is 1. The Morgan fingerprint density at radius 3 is 2.47 bits per heavy atom. The summed E-state index contributed by atoms with van der Waals surface area (Å²) in [5, 5.41) is 16.2. The number of carbonyl (C=O) groups is 1. The van der Waals surface area contributed by atoms with Gasteiger partial charge in [-0.25, -0.2) is 19.7 Å². The van der Waals surface area contributed by atoms with Crippen LogP contribution in [0.4, 0.5) is 10.8 Å². The van der Waals surface area contributed by atoms with Crippen LogP contribution in [-0.4, -0.2) is 40.7 Å². The molecular formula is C20H17N7O5S2. The Labute approximate surface area is 199 Å². The molecule has 1 N–H and O–H groups in total. The number of carbonyl (C=O) groups excluding carboxylic acids is 1. The standard InChI is InChI=1S/C20H17N7O5S2/c1-10-8-34-19(21-10)22-13(28)9-33-17-14-16(25(2)20(30)26(3)18(14)29)23-15(24-17)11-4-6-12(7-5-11)27(31)32/h4-8H,9H2,1-3H3,(H,21,22,28). The second-order valence-corrected chi connectivity index (χ2v) is 9.01. The van der Waals surface area contributed by atoms with Gasteiger partial charge in [0.2, 0.25) is 5.91 Å². The highest BCUT2D eigenvalue weighted by atomic mass is 32.2. The second-order valence-electron chi connectivity index (χ2n) is 7.19. The van der Waals surface area contributed by atoms with E-state index in [1.54, 1.807) is 5.38 Å². The lowest BCUT2D eigenvalue weighted by atomic mass is 10.2. The van der Waals surface area contributed by atoms with E-state index >= 15 is 0 Å². The van der Waals surface area contributed by atoms with E-state index in [9.17, 15) is 24.5 Å². The summed E-state index contributed by atoms with van der Waals surface area (Å²) in [6, 6.07) is 5.57. The third-order valence-corrected chi connectivity index (χ3v) is 6.66. The zero-order chi connectivity index (χ0) is 24.6. The van der Waals surface area contributed by atoms with E-state index in [0.29, 0.717) is 10.7 Å². The van der Waals surface area contributed by atoms with Crippen molar-refractivity contribution in [2.24, 2.45) is 14.1 Å². The van der Waals surface area contributed by atoms with Crippen LogP contribution in [0.3, 0.4) is 0 Å². The smallest absolute Gasteiger partial charge is 0.301 e. The molecule has 0 saturated heterocycles. The first-order valence-electron chi connectivity index (χ1n) is 9.73. The Morgan fingerprint density at radius 2 is 1.85 bits per heavy atom. The van der Waals surface area contributed by atoms with E-state index in [0.717, 1.165) is 22.0 Å². The predicted octanol–water partition coefficient (Wildman–Crippen LogP) is 2.10. The number of aryl methyl sites for hydroxylation is 2. The number of benzene rings is 1. The highest BCUT2D eigenvalue weighted by molar-refractivity contribution is 8.00. The van der Waals surface area contributed by atoms with Gasteiger partial charge < -0.3 is 5.32 Å². The minimum atomic E-state index is -0.591. The van der Waals surface area contributed by atoms with E-state index in [-0.39, 0.29) is 39.2 Å². The van der Waals surface area contributed by atoms with Crippen molar-refractivity contribution in [1.29, 1.82) is 0 Å². The molecule has 0 atom stereocenters. The van der Waals surface area contributed by atoms with Crippen LogP contribution in [0, 0.1) is 17.0 Å². The van der Waals surface area contributed by atoms with Crippen molar-refractivity contribution >= 4 is 50.9 Å². The number of nitro benzene ring substituents is 1. The van der Waals surface area contributed by atoms with Crippen molar-refractivity contribution in [3.8, 4) is 11.4 Å². The van der Waals surface area contributed by atoms with Crippen molar-refractivity contribution in [2.75, 3.05) is 11.1 Å². The number of non-ortho nitro benzene ring substituents is 1. The van der Waals surface area contributed by atoms with Crippen LogP contribution in [0.25, 0.3) is 22.4 Å². The molecule has 12 nitrogen and oxygen atoms in total. The van der Waals surface area contributed by atoms with Gasteiger partial charge in [-0.15, -0.1) is 11.3 Å². The minimum Gasteiger partial charge on any atom is -0.301 e. The molecule has 14 heteroatoms. The third-order valence-electron chi connectivity index (χ3n) is 4.81. The number of hydrogen-bond acceptors (Lipinski definition) is 10. The number of thioether (sulfide) groups is 1. The summed E-state index contributed by atoms with van der Waals surface area (Å²) >= 11 is 2.31. The van der Waals surface area contributed by atoms with Gasteiger partial charge in [-0.05, 0) is 19.1 Å². The molecule has 34 heavy (non-hydrogen) atoms. The zero-order valence-corrected chi connectivity index (χ0v) is 19.8. The average molecular weight is 500 g/mol.